The van der Waals surface area contributed by atoms with Crippen LogP contribution in [-0.2, 0) is 28.5 Å². The van der Waals surface area contributed by atoms with Gasteiger partial charge < -0.3 is 23.7 Å². The van der Waals surface area contributed by atoms with Gasteiger partial charge in [0.05, 0.1) is 7.11 Å². The van der Waals surface area contributed by atoms with Gasteiger partial charge in [0, 0.05) is 31.1 Å². The average molecular weight is 552 g/mol. The minimum atomic E-state index is -0.997. The van der Waals surface area contributed by atoms with Crippen LogP contribution in [0.25, 0.3) is 0 Å². The van der Waals surface area contributed by atoms with Crippen LogP contribution in [0.2, 0.25) is 0 Å². The van der Waals surface area contributed by atoms with Crippen molar-refractivity contribution in [3.05, 3.63) is 29.3 Å². The first-order valence-corrected chi connectivity index (χ1v) is 12.5. The molecule has 1 fully saturated rings. The van der Waals surface area contributed by atoms with Gasteiger partial charge in [-0.05, 0) is 39.4 Å². The highest BCUT2D eigenvalue weighted by Gasteiger charge is 2.37. The standard InChI is InChI=1S/C19H21IO9S/c1-11(22)27-13-8-16(19(24)25-2)29-17(9-13)28-15-4-3-12(10-21)7-14(15)18(23)26-5-6-30-20/h3-4,7,10,13,16-17H,5-6,8-9H2,1-2H3. The first-order chi connectivity index (χ1) is 14.4. The Kier molecular flexibility index (Phi) is 9.85. The molecule has 30 heavy (non-hydrogen) atoms. The third-order valence-corrected chi connectivity index (χ3v) is 5.70. The lowest BCUT2D eigenvalue weighted by molar-refractivity contribution is -0.204. The van der Waals surface area contributed by atoms with Gasteiger partial charge in [0.2, 0.25) is 6.29 Å². The van der Waals surface area contributed by atoms with E-state index in [1.54, 1.807) is 0 Å². The van der Waals surface area contributed by atoms with E-state index in [9.17, 15) is 19.2 Å². The number of carbonyl (C=O) groups is 4. The van der Waals surface area contributed by atoms with Crippen molar-refractivity contribution in [2.24, 2.45) is 0 Å². The first-order valence-electron chi connectivity index (χ1n) is 8.95. The number of esters is 3. The summed E-state index contributed by atoms with van der Waals surface area (Å²) in [5, 5.41) is 0. The third-order valence-electron chi connectivity index (χ3n) is 4.06. The zero-order valence-corrected chi connectivity index (χ0v) is 19.3. The zero-order chi connectivity index (χ0) is 22.1. The lowest BCUT2D eigenvalue weighted by Gasteiger charge is -2.33. The Morgan fingerprint density at radius 1 is 1.30 bits per heavy atom. The number of benzene rings is 1. The largest absolute Gasteiger partial charge is 0.467 e. The van der Waals surface area contributed by atoms with Crippen molar-refractivity contribution in [1.82, 2.24) is 0 Å². The molecule has 11 heteroatoms. The summed E-state index contributed by atoms with van der Waals surface area (Å²) in [5.74, 6) is -1.07. The van der Waals surface area contributed by atoms with Crippen LogP contribution in [0, 0.1) is 0 Å². The molecule has 1 saturated heterocycles. The second-order valence-corrected chi connectivity index (χ2v) is 8.72. The SMILES string of the molecule is COC(=O)C1CC(OC(C)=O)CC(Oc2ccc(C=O)cc2C(=O)OCCSI)O1. The fourth-order valence-corrected chi connectivity index (χ4v) is 3.49. The molecule has 9 nitrogen and oxygen atoms in total. The number of hydrogen-bond acceptors (Lipinski definition) is 10. The monoisotopic (exact) mass is 552 g/mol. The highest BCUT2D eigenvalue weighted by atomic mass is 127. The molecule has 2 rings (SSSR count). The van der Waals surface area contributed by atoms with E-state index in [4.69, 9.17) is 23.7 Å². The maximum atomic E-state index is 12.5. The van der Waals surface area contributed by atoms with E-state index in [-0.39, 0.29) is 36.3 Å². The molecule has 3 atom stereocenters. The van der Waals surface area contributed by atoms with Gasteiger partial charge in [-0.1, -0.05) is 8.93 Å². The molecule has 0 aromatic heterocycles. The van der Waals surface area contributed by atoms with Crippen LogP contribution in [-0.4, -0.2) is 62.2 Å². The molecule has 0 radical (unpaired) electrons. The van der Waals surface area contributed by atoms with Crippen molar-refractivity contribution >= 4 is 54.3 Å². The Morgan fingerprint density at radius 2 is 2.07 bits per heavy atom. The lowest BCUT2D eigenvalue weighted by atomic mass is 10.0. The fourth-order valence-electron chi connectivity index (χ4n) is 2.80. The van der Waals surface area contributed by atoms with Gasteiger partial charge in [-0.15, -0.1) is 0 Å². The number of halogens is 1. The number of carbonyl (C=O) groups excluding carboxylic acids is 4. The van der Waals surface area contributed by atoms with E-state index in [0.29, 0.717) is 12.0 Å². The van der Waals surface area contributed by atoms with Gasteiger partial charge >= 0.3 is 17.9 Å². The Morgan fingerprint density at radius 3 is 2.70 bits per heavy atom. The van der Waals surface area contributed by atoms with Gasteiger partial charge in [0.15, 0.2) is 6.10 Å². The number of ether oxygens (including phenoxy) is 5. The molecule has 1 aromatic rings. The van der Waals surface area contributed by atoms with Crippen molar-refractivity contribution in [1.29, 1.82) is 0 Å². The third kappa shape index (κ3) is 7.13. The quantitative estimate of drug-likeness (QED) is 0.149. The molecular formula is C19H21IO9S. The zero-order valence-electron chi connectivity index (χ0n) is 16.3. The van der Waals surface area contributed by atoms with Crippen molar-refractivity contribution in [2.75, 3.05) is 19.5 Å². The lowest BCUT2D eigenvalue weighted by Crippen LogP contribution is -2.44. The summed E-state index contributed by atoms with van der Waals surface area (Å²) in [7, 11) is 2.71. The van der Waals surface area contributed by atoms with Crippen molar-refractivity contribution in [3.63, 3.8) is 0 Å². The van der Waals surface area contributed by atoms with E-state index in [1.807, 2.05) is 0 Å². The molecule has 1 heterocycles. The molecule has 1 aliphatic rings. The number of rotatable bonds is 9. The number of aldehydes is 1. The molecule has 164 valence electrons. The fraction of sp³-hybridized carbons (Fsp3) is 0.474. The van der Waals surface area contributed by atoms with Gasteiger partial charge in [-0.2, -0.15) is 0 Å². The predicted molar refractivity (Wildman–Crippen MR) is 115 cm³/mol. The Bertz CT molecular complexity index is 785. The second-order valence-electron chi connectivity index (χ2n) is 6.22. The topological polar surface area (TPSA) is 114 Å². The summed E-state index contributed by atoms with van der Waals surface area (Å²) >= 11 is 2.09. The molecule has 0 saturated carbocycles. The van der Waals surface area contributed by atoms with E-state index >= 15 is 0 Å². The van der Waals surface area contributed by atoms with Crippen molar-refractivity contribution in [3.8, 4) is 5.75 Å². The van der Waals surface area contributed by atoms with Crippen LogP contribution < -0.4 is 4.74 Å². The molecule has 1 aromatic carbocycles. The molecule has 0 amide bonds. The Balaban J connectivity index is 2.22. The van der Waals surface area contributed by atoms with Crippen molar-refractivity contribution < 1.29 is 42.9 Å². The second kappa shape index (κ2) is 12.1. The molecule has 0 aliphatic carbocycles. The van der Waals surface area contributed by atoms with Gasteiger partial charge in [0.1, 0.15) is 30.3 Å². The van der Waals surface area contributed by atoms with Gasteiger partial charge in [-0.3, -0.25) is 9.59 Å². The van der Waals surface area contributed by atoms with Gasteiger partial charge in [-0.25, -0.2) is 9.59 Å². The van der Waals surface area contributed by atoms with Crippen LogP contribution in [0.5, 0.6) is 5.75 Å². The predicted octanol–water partition coefficient (Wildman–Crippen LogP) is 2.73. The highest BCUT2D eigenvalue weighted by Crippen LogP contribution is 2.29. The number of hydrogen-bond donors (Lipinski definition) is 0. The minimum absolute atomic E-state index is 0.0471. The van der Waals surface area contributed by atoms with Gasteiger partial charge in [0.25, 0.3) is 0 Å². The van der Waals surface area contributed by atoms with Crippen LogP contribution in [0.15, 0.2) is 18.2 Å². The molecule has 0 N–H and O–H groups in total. The first kappa shape index (κ1) is 24.4. The molecule has 3 unspecified atom stereocenters. The van der Waals surface area contributed by atoms with E-state index < -0.39 is 36.4 Å². The molecular weight excluding hydrogens is 531 g/mol. The normalized spacial score (nSPS) is 20.7. The van der Waals surface area contributed by atoms with E-state index in [0.717, 1.165) is 0 Å². The summed E-state index contributed by atoms with van der Waals surface area (Å²) in [6.45, 7) is 1.45. The Hall–Kier alpha value is -1.86. The smallest absolute Gasteiger partial charge is 0.341 e. The molecule has 1 aliphatic heterocycles. The summed E-state index contributed by atoms with van der Waals surface area (Å²) in [5.41, 5.74) is 0.318. The molecule has 0 bridgehead atoms. The van der Waals surface area contributed by atoms with E-state index in [1.165, 1.54) is 41.2 Å². The average Bonchev–Trinajstić information content (AvgIpc) is 2.72. The Labute approximate surface area is 189 Å². The van der Waals surface area contributed by atoms with Crippen LogP contribution in [0.1, 0.15) is 40.5 Å². The minimum Gasteiger partial charge on any atom is -0.467 e. The highest BCUT2D eigenvalue weighted by molar-refractivity contribution is 14.2. The van der Waals surface area contributed by atoms with Crippen LogP contribution >= 0.6 is 30.1 Å². The van der Waals surface area contributed by atoms with Crippen LogP contribution in [0.3, 0.4) is 0 Å². The van der Waals surface area contributed by atoms with Crippen LogP contribution in [0.4, 0.5) is 0 Å². The summed E-state index contributed by atoms with van der Waals surface area (Å²) in [6.07, 6.45) is -1.76. The molecule has 0 spiro atoms. The maximum absolute atomic E-state index is 12.5. The summed E-state index contributed by atoms with van der Waals surface area (Å²) < 4.78 is 26.6. The summed E-state index contributed by atoms with van der Waals surface area (Å²) in [6, 6.07) is 4.27. The maximum Gasteiger partial charge on any atom is 0.341 e. The summed E-state index contributed by atoms with van der Waals surface area (Å²) in [4.78, 5) is 46.9. The van der Waals surface area contributed by atoms with E-state index in [2.05, 4.69) is 21.2 Å². The van der Waals surface area contributed by atoms with Crippen molar-refractivity contribution in [2.45, 2.75) is 38.3 Å². The number of methoxy groups -OCH3 is 1.